The molecule has 18 heavy (non-hydrogen) atoms. The molecule has 0 atom stereocenters. The lowest BCUT2D eigenvalue weighted by atomic mass is 10.1. The fourth-order valence-corrected chi connectivity index (χ4v) is 2.50. The third-order valence-corrected chi connectivity index (χ3v) is 3.49. The molecule has 0 saturated heterocycles. The van der Waals surface area contributed by atoms with Crippen molar-refractivity contribution in [3.63, 3.8) is 0 Å². The first-order chi connectivity index (χ1) is 8.69. The topological polar surface area (TPSA) is 68.0 Å². The van der Waals surface area contributed by atoms with Gasteiger partial charge in [0.1, 0.15) is 0 Å². The highest BCUT2D eigenvalue weighted by Gasteiger charge is 2.07. The molecule has 0 aliphatic carbocycles. The van der Waals surface area contributed by atoms with Crippen LogP contribution in [0.3, 0.4) is 0 Å². The van der Waals surface area contributed by atoms with Gasteiger partial charge in [-0.15, -0.1) is 11.3 Å². The van der Waals surface area contributed by atoms with Crippen molar-refractivity contribution >= 4 is 22.9 Å². The van der Waals surface area contributed by atoms with Gasteiger partial charge in [-0.25, -0.2) is 4.98 Å². The third kappa shape index (κ3) is 3.15. The lowest BCUT2D eigenvalue weighted by molar-refractivity contribution is -0.114. The third-order valence-electron chi connectivity index (χ3n) is 2.47. The minimum atomic E-state index is -0.0655. The van der Waals surface area contributed by atoms with Crippen LogP contribution in [0, 0.1) is 0 Å². The van der Waals surface area contributed by atoms with Crippen molar-refractivity contribution < 1.29 is 4.79 Å². The second kappa shape index (κ2) is 5.75. The highest BCUT2D eigenvalue weighted by atomic mass is 32.1. The van der Waals surface area contributed by atoms with Crippen LogP contribution in [-0.4, -0.2) is 10.9 Å². The highest BCUT2D eigenvalue weighted by Crippen LogP contribution is 2.21. The van der Waals surface area contributed by atoms with E-state index >= 15 is 0 Å². The van der Waals surface area contributed by atoms with E-state index in [2.05, 4.69) is 10.3 Å². The van der Waals surface area contributed by atoms with E-state index in [4.69, 9.17) is 5.73 Å². The summed E-state index contributed by atoms with van der Waals surface area (Å²) in [6.07, 6.45) is 2.52. The van der Waals surface area contributed by atoms with Gasteiger partial charge >= 0.3 is 0 Å². The maximum Gasteiger partial charge on any atom is 0.221 e. The molecule has 0 bridgehead atoms. The van der Waals surface area contributed by atoms with Crippen LogP contribution in [0.4, 0.5) is 5.69 Å². The Labute approximate surface area is 110 Å². The summed E-state index contributed by atoms with van der Waals surface area (Å²) < 4.78 is 0. The van der Waals surface area contributed by atoms with Gasteiger partial charge in [0.05, 0.1) is 5.01 Å². The molecule has 94 valence electrons. The summed E-state index contributed by atoms with van der Waals surface area (Å²) in [5.41, 5.74) is 7.47. The first-order valence-electron chi connectivity index (χ1n) is 5.68. The number of amides is 1. The molecule has 2 rings (SSSR count). The number of nitrogens with two attached hydrogens (primary N) is 1. The number of hydrogen-bond acceptors (Lipinski definition) is 4. The number of nitrogens with zero attached hydrogens (tertiary/aromatic N) is 1. The number of anilines is 1. The summed E-state index contributed by atoms with van der Waals surface area (Å²) in [4.78, 5) is 16.5. The fraction of sp³-hybridized carbons (Fsp3) is 0.231. The molecule has 1 aromatic carbocycles. The molecule has 0 saturated carbocycles. The summed E-state index contributed by atoms with van der Waals surface area (Å²) in [6.45, 7) is 2.03. The van der Waals surface area contributed by atoms with Crippen molar-refractivity contribution in [1.29, 1.82) is 0 Å². The molecule has 3 N–H and O–H groups in total. The van der Waals surface area contributed by atoms with Crippen molar-refractivity contribution in [2.75, 3.05) is 5.32 Å². The minimum Gasteiger partial charge on any atom is -0.326 e. The SMILES string of the molecule is CC(=O)Nc1ccccc1Cc1ncc(CN)s1. The zero-order valence-corrected chi connectivity index (χ0v) is 11.0. The molecule has 1 amide bonds. The van der Waals surface area contributed by atoms with E-state index in [1.807, 2.05) is 24.3 Å². The Morgan fingerprint density at radius 3 is 2.89 bits per heavy atom. The number of thiazole rings is 1. The second-order valence-electron chi connectivity index (χ2n) is 3.94. The van der Waals surface area contributed by atoms with Crippen LogP contribution >= 0.6 is 11.3 Å². The quantitative estimate of drug-likeness (QED) is 0.886. The van der Waals surface area contributed by atoms with Crippen LogP contribution in [0.2, 0.25) is 0 Å². The zero-order chi connectivity index (χ0) is 13.0. The summed E-state index contributed by atoms with van der Waals surface area (Å²) in [5, 5.41) is 3.84. The maximum atomic E-state index is 11.1. The summed E-state index contributed by atoms with van der Waals surface area (Å²) >= 11 is 1.61. The number of para-hydroxylation sites is 1. The summed E-state index contributed by atoms with van der Waals surface area (Å²) in [5.74, 6) is -0.0655. The van der Waals surface area contributed by atoms with E-state index < -0.39 is 0 Å². The van der Waals surface area contributed by atoms with Gasteiger partial charge in [-0.05, 0) is 11.6 Å². The van der Waals surface area contributed by atoms with Crippen LogP contribution in [0.1, 0.15) is 22.4 Å². The van der Waals surface area contributed by atoms with Crippen LogP contribution < -0.4 is 11.1 Å². The van der Waals surface area contributed by atoms with E-state index in [-0.39, 0.29) is 5.91 Å². The number of hydrogen-bond donors (Lipinski definition) is 2. The van der Waals surface area contributed by atoms with Gasteiger partial charge in [-0.3, -0.25) is 4.79 Å². The number of carbonyl (C=O) groups excluding carboxylic acids is 1. The zero-order valence-electron chi connectivity index (χ0n) is 10.1. The van der Waals surface area contributed by atoms with Gasteiger partial charge in [0.15, 0.2) is 0 Å². The average molecular weight is 261 g/mol. The van der Waals surface area contributed by atoms with Crippen molar-refractivity contribution in [1.82, 2.24) is 4.98 Å². The van der Waals surface area contributed by atoms with Gasteiger partial charge < -0.3 is 11.1 Å². The number of carbonyl (C=O) groups is 1. The molecule has 0 aliphatic rings. The predicted molar refractivity (Wildman–Crippen MR) is 73.6 cm³/mol. The Morgan fingerprint density at radius 1 is 1.44 bits per heavy atom. The number of nitrogens with one attached hydrogen (secondary N) is 1. The Bertz CT molecular complexity index is 551. The van der Waals surface area contributed by atoms with Crippen molar-refractivity contribution in [2.24, 2.45) is 5.73 Å². The average Bonchev–Trinajstić information content (AvgIpc) is 2.79. The molecule has 0 aliphatic heterocycles. The van der Waals surface area contributed by atoms with Crippen molar-refractivity contribution in [2.45, 2.75) is 19.9 Å². The maximum absolute atomic E-state index is 11.1. The molecular weight excluding hydrogens is 246 g/mol. The number of aromatic nitrogens is 1. The first-order valence-corrected chi connectivity index (χ1v) is 6.50. The monoisotopic (exact) mass is 261 g/mol. The number of rotatable bonds is 4. The lowest BCUT2D eigenvalue weighted by Crippen LogP contribution is -2.08. The molecule has 1 aromatic heterocycles. The molecule has 5 heteroatoms. The number of benzene rings is 1. The van der Waals surface area contributed by atoms with Crippen LogP contribution in [0.15, 0.2) is 30.5 Å². The van der Waals surface area contributed by atoms with E-state index in [9.17, 15) is 4.79 Å². The fourth-order valence-electron chi connectivity index (χ4n) is 1.67. The van der Waals surface area contributed by atoms with Gasteiger partial charge in [0.2, 0.25) is 5.91 Å². The van der Waals surface area contributed by atoms with Crippen molar-refractivity contribution in [3.8, 4) is 0 Å². The first kappa shape index (κ1) is 12.7. The van der Waals surface area contributed by atoms with Gasteiger partial charge in [0, 0.05) is 36.7 Å². The molecule has 4 nitrogen and oxygen atoms in total. The Balaban J connectivity index is 2.20. The molecule has 0 unspecified atom stereocenters. The van der Waals surface area contributed by atoms with E-state index in [0.29, 0.717) is 13.0 Å². The normalized spacial score (nSPS) is 10.3. The van der Waals surface area contributed by atoms with E-state index in [1.54, 1.807) is 17.5 Å². The van der Waals surface area contributed by atoms with Crippen molar-refractivity contribution in [3.05, 3.63) is 45.9 Å². The Hall–Kier alpha value is -1.72. The lowest BCUT2D eigenvalue weighted by Gasteiger charge is -2.08. The van der Waals surface area contributed by atoms with Gasteiger partial charge in [0.25, 0.3) is 0 Å². The molecule has 2 aromatic rings. The Morgan fingerprint density at radius 2 is 2.22 bits per heavy atom. The molecule has 0 radical (unpaired) electrons. The largest absolute Gasteiger partial charge is 0.326 e. The predicted octanol–water partition coefficient (Wildman–Crippen LogP) is 2.15. The molecule has 0 fully saturated rings. The van der Waals surface area contributed by atoms with E-state index in [0.717, 1.165) is 21.1 Å². The molecular formula is C13H15N3OS. The minimum absolute atomic E-state index is 0.0655. The van der Waals surface area contributed by atoms with Gasteiger partial charge in [-0.1, -0.05) is 18.2 Å². The smallest absolute Gasteiger partial charge is 0.221 e. The summed E-state index contributed by atoms with van der Waals surface area (Å²) in [7, 11) is 0. The van der Waals surface area contributed by atoms with E-state index in [1.165, 1.54) is 6.92 Å². The highest BCUT2D eigenvalue weighted by molar-refractivity contribution is 7.11. The van der Waals surface area contributed by atoms with Crippen LogP contribution in [0.5, 0.6) is 0 Å². The standard InChI is InChI=1S/C13H15N3OS/c1-9(17)16-12-5-3-2-4-10(12)6-13-15-8-11(7-14)18-13/h2-5,8H,6-7,14H2,1H3,(H,16,17). The Kier molecular flexibility index (Phi) is 4.07. The molecule has 1 heterocycles. The summed E-state index contributed by atoms with van der Waals surface area (Å²) in [6, 6.07) is 7.75. The molecule has 0 spiro atoms. The van der Waals surface area contributed by atoms with Gasteiger partial charge in [-0.2, -0.15) is 0 Å². The second-order valence-corrected chi connectivity index (χ2v) is 5.14. The van der Waals surface area contributed by atoms with Crippen LogP contribution in [0.25, 0.3) is 0 Å². The van der Waals surface area contributed by atoms with Crippen LogP contribution in [-0.2, 0) is 17.8 Å².